The van der Waals surface area contributed by atoms with Crippen molar-refractivity contribution < 1.29 is 9.53 Å². The van der Waals surface area contributed by atoms with E-state index in [0.29, 0.717) is 12.5 Å². The van der Waals surface area contributed by atoms with Crippen molar-refractivity contribution in [3.8, 4) is 0 Å². The molecule has 0 aromatic rings. The Morgan fingerprint density at radius 2 is 2.00 bits per heavy atom. The zero-order valence-electron chi connectivity index (χ0n) is 15.6. The fraction of sp³-hybridized carbons (Fsp3) is 0.882. The third kappa shape index (κ3) is 5.08. The van der Waals surface area contributed by atoms with Crippen LogP contribution in [0.1, 0.15) is 20.3 Å². The number of aliphatic imine (C=N–C) groups is 1. The van der Waals surface area contributed by atoms with Crippen molar-refractivity contribution in [2.24, 2.45) is 16.3 Å². The Labute approximate surface area is 145 Å². The van der Waals surface area contributed by atoms with Gasteiger partial charge in [-0.15, -0.1) is 0 Å². The van der Waals surface area contributed by atoms with Crippen LogP contribution in [0.5, 0.6) is 0 Å². The lowest BCUT2D eigenvalue weighted by atomic mass is 9.92. The smallest absolute Gasteiger partial charge is 0.227 e. The van der Waals surface area contributed by atoms with Crippen molar-refractivity contribution in [3.05, 3.63) is 0 Å². The molecule has 0 aromatic heterocycles. The number of hydrogen-bond donors (Lipinski definition) is 2. The van der Waals surface area contributed by atoms with Crippen molar-refractivity contribution in [3.63, 3.8) is 0 Å². The molecule has 7 heteroatoms. The molecule has 0 spiro atoms. The summed E-state index contributed by atoms with van der Waals surface area (Å²) in [6.45, 7) is 11.5. The van der Waals surface area contributed by atoms with E-state index >= 15 is 0 Å². The van der Waals surface area contributed by atoms with Crippen molar-refractivity contribution in [2.45, 2.75) is 20.3 Å². The highest BCUT2D eigenvalue weighted by Gasteiger charge is 2.28. The third-order valence-corrected chi connectivity index (χ3v) is 4.95. The Balaban J connectivity index is 1.77. The van der Waals surface area contributed by atoms with Crippen molar-refractivity contribution in [1.82, 2.24) is 20.4 Å². The Morgan fingerprint density at radius 3 is 2.54 bits per heavy atom. The maximum Gasteiger partial charge on any atom is 0.227 e. The van der Waals surface area contributed by atoms with E-state index in [1.807, 2.05) is 13.8 Å². The van der Waals surface area contributed by atoms with Crippen LogP contribution in [-0.4, -0.2) is 88.2 Å². The van der Waals surface area contributed by atoms with E-state index in [-0.39, 0.29) is 5.91 Å². The van der Waals surface area contributed by atoms with Crippen molar-refractivity contribution in [1.29, 1.82) is 0 Å². The predicted molar refractivity (Wildman–Crippen MR) is 96.1 cm³/mol. The summed E-state index contributed by atoms with van der Waals surface area (Å²) in [5.41, 5.74) is -0.463. The molecule has 7 nitrogen and oxygen atoms in total. The molecule has 2 N–H and O–H groups in total. The second-order valence-corrected chi connectivity index (χ2v) is 7.38. The minimum absolute atomic E-state index is 0.0362. The Bertz CT molecular complexity index is 438. The second-order valence-electron chi connectivity index (χ2n) is 7.38. The first-order valence-electron chi connectivity index (χ1n) is 8.94. The fourth-order valence-electron chi connectivity index (χ4n) is 3.29. The SMILES string of the molecule is CN=C(NCC(C)(C)C(=O)NC)N1CCN(CC2CCOC2)CC1. The molecule has 2 heterocycles. The van der Waals surface area contributed by atoms with Crippen LogP contribution >= 0.6 is 0 Å². The lowest BCUT2D eigenvalue weighted by molar-refractivity contribution is -0.128. The maximum absolute atomic E-state index is 11.9. The van der Waals surface area contributed by atoms with E-state index in [2.05, 4.69) is 25.4 Å². The van der Waals surface area contributed by atoms with Crippen LogP contribution in [0.25, 0.3) is 0 Å². The summed E-state index contributed by atoms with van der Waals surface area (Å²) in [5.74, 6) is 1.62. The summed E-state index contributed by atoms with van der Waals surface area (Å²) < 4.78 is 5.47. The molecule has 2 aliphatic rings. The van der Waals surface area contributed by atoms with Crippen LogP contribution in [0, 0.1) is 11.3 Å². The maximum atomic E-state index is 11.9. The van der Waals surface area contributed by atoms with Gasteiger partial charge in [-0.1, -0.05) is 0 Å². The van der Waals surface area contributed by atoms with Gasteiger partial charge in [0.25, 0.3) is 0 Å². The van der Waals surface area contributed by atoms with Gasteiger partial charge in [0, 0.05) is 60.0 Å². The molecule has 1 amide bonds. The highest BCUT2D eigenvalue weighted by molar-refractivity contribution is 5.84. The molecule has 2 rings (SSSR count). The second kappa shape index (κ2) is 8.67. The van der Waals surface area contributed by atoms with E-state index in [9.17, 15) is 4.79 Å². The first kappa shape index (κ1) is 19.0. The summed E-state index contributed by atoms with van der Waals surface area (Å²) in [6.07, 6.45) is 1.19. The highest BCUT2D eigenvalue weighted by Crippen LogP contribution is 2.16. The van der Waals surface area contributed by atoms with Gasteiger partial charge in [0.15, 0.2) is 5.96 Å². The molecule has 138 valence electrons. The van der Waals surface area contributed by atoms with Gasteiger partial charge in [0.2, 0.25) is 5.91 Å². The minimum atomic E-state index is -0.463. The van der Waals surface area contributed by atoms with Crippen LogP contribution in [0.4, 0.5) is 0 Å². The molecule has 2 saturated heterocycles. The van der Waals surface area contributed by atoms with Gasteiger partial charge in [0.05, 0.1) is 12.0 Å². The van der Waals surface area contributed by atoms with Gasteiger partial charge < -0.3 is 20.3 Å². The van der Waals surface area contributed by atoms with Gasteiger partial charge >= 0.3 is 0 Å². The van der Waals surface area contributed by atoms with E-state index in [1.54, 1.807) is 14.1 Å². The number of guanidine groups is 1. The van der Waals surface area contributed by atoms with E-state index in [1.165, 1.54) is 6.42 Å². The number of nitrogens with one attached hydrogen (secondary N) is 2. The number of rotatable bonds is 5. The van der Waals surface area contributed by atoms with Gasteiger partial charge in [-0.2, -0.15) is 0 Å². The van der Waals surface area contributed by atoms with Gasteiger partial charge in [-0.3, -0.25) is 14.7 Å². The van der Waals surface area contributed by atoms with E-state index in [4.69, 9.17) is 4.74 Å². The van der Waals surface area contributed by atoms with Crippen molar-refractivity contribution in [2.75, 3.05) is 66.6 Å². The Kier molecular flexibility index (Phi) is 6.86. The zero-order chi connectivity index (χ0) is 17.6. The molecule has 24 heavy (non-hydrogen) atoms. The first-order valence-corrected chi connectivity index (χ1v) is 8.94. The summed E-state index contributed by atoms with van der Waals surface area (Å²) in [4.78, 5) is 21.1. The van der Waals surface area contributed by atoms with Crippen LogP contribution < -0.4 is 10.6 Å². The summed E-state index contributed by atoms with van der Waals surface area (Å²) in [6, 6.07) is 0. The average molecular weight is 339 g/mol. The molecule has 1 unspecified atom stereocenters. The molecule has 0 aromatic carbocycles. The molecular formula is C17H33N5O2. The monoisotopic (exact) mass is 339 g/mol. The van der Waals surface area contributed by atoms with Crippen LogP contribution in [0.15, 0.2) is 4.99 Å². The lowest BCUT2D eigenvalue weighted by Gasteiger charge is -2.38. The number of hydrogen-bond acceptors (Lipinski definition) is 4. The molecule has 2 fully saturated rings. The fourth-order valence-corrected chi connectivity index (χ4v) is 3.29. The topological polar surface area (TPSA) is 69.2 Å². The molecule has 0 saturated carbocycles. The van der Waals surface area contributed by atoms with Crippen LogP contribution in [-0.2, 0) is 9.53 Å². The number of ether oxygens (including phenoxy) is 1. The van der Waals surface area contributed by atoms with Crippen LogP contribution in [0.2, 0.25) is 0 Å². The molecule has 0 aliphatic carbocycles. The van der Waals surface area contributed by atoms with E-state index < -0.39 is 5.41 Å². The van der Waals surface area contributed by atoms with Crippen molar-refractivity contribution >= 4 is 11.9 Å². The van der Waals surface area contributed by atoms with Gasteiger partial charge in [-0.25, -0.2) is 0 Å². The molecular weight excluding hydrogens is 306 g/mol. The first-order chi connectivity index (χ1) is 11.5. The number of carbonyl (C=O) groups is 1. The largest absolute Gasteiger partial charge is 0.381 e. The number of nitrogens with zero attached hydrogens (tertiary/aromatic N) is 3. The van der Waals surface area contributed by atoms with Crippen LogP contribution in [0.3, 0.4) is 0 Å². The number of piperazine rings is 1. The Morgan fingerprint density at radius 1 is 1.29 bits per heavy atom. The average Bonchev–Trinajstić information content (AvgIpc) is 3.09. The van der Waals surface area contributed by atoms with Gasteiger partial charge in [0.1, 0.15) is 0 Å². The van der Waals surface area contributed by atoms with Gasteiger partial charge in [-0.05, 0) is 26.2 Å². The third-order valence-electron chi connectivity index (χ3n) is 4.95. The molecule has 0 bridgehead atoms. The summed E-state index contributed by atoms with van der Waals surface area (Å²) in [7, 11) is 3.48. The summed E-state index contributed by atoms with van der Waals surface area (Å²) in [5, 5.41) is 6.08. The molecule has 2 aliphatic heterocycles. The highest BCUT2D eigenvalue weighted by atomic mass is 16.5. The molecule has 1 atom stereocenters. The molecule has 0 radical (unpaired) electrons. The number of carbonyl (C=O) groups excluding carboxylic acids is 1. The lowest BCUT2D eigenvalue weighted by Crippen LogP contribution is -2.55. The summed E-state index contributed by atoms with van der Waals surface area (Å²) >= 11 is 0. The van der Waals surface area contributed by atoms with E-state index in [0.717, 1.165) is 51.9 Å². The standard InChI is InChI=1S/C17H33N5O2/c1-17(2,15(23)18-3)13-20-16(19-4)22-8-6-21(7-9-22)11-14-5-10-24-12-14/h14H,5-13H2,1-4H3,(H,18,23)(H,19,20). The number of amides is 1. The normalized spacial score (nSPS) is 23.4. The predicted octanol–water partition coefficient (Wildman–Crippen LogP) is -0.0119. The minimum Gasteiger partial charge on any atom is -0.381 e. The zero-order valence-corrected chi connectivity index (χ0v) is 15.6. The quantitative estimate of drug-likeness (QED) is 0.545. The Hall–Kier alpha value is -1.34.